The Labute approximate surface area is 122 Å². The molecule has 3 heteroatoms. The topological polar surface area (TPSA) is 38.7 Å². The number of unbranched alkanes of at least 4 members (excludes halogenated alkanes) is 6. The highest BCUT2D eigenvalue weighted by molar-refractivity contribution is 5.27. The van der Waals surface area contributed by atoms with Crippen LogP contribution in [0, 0.1) is 0 Å². The summed E-state index contributed by atoms with van der Waals surface area (Å²) >= 11 is 0. The maximum atomic E-state index is 8.20. The summed E-state index contributed by atoms with van der Waals surface area (Å²) < 4.78 is 5.40. The number of aryl methyl sites for hydroxylation is 1. The molecule has 0 heterocycles. The van der Waals surface area contributed by atoms with Crippen LogP contribution in [0.2, 0.25) is 0 Å². The van der Waals surface area contributed by atoms with E-state index in [0.717, 1.165) is 12.2 Å². The molecule has 3 nitrogen and oxygen atoms in total. The molecule has 0 aliphatic carbocycles. The van der Waals surface area contributed by atoms with E-state index in [4.69, 9.17) is 9.99 Å². The first-order valence-electron chi connectivity index (χ1n) is 7.85. The molecule has 1 rings (SSSR count). The fraction of sp³-hybridized carbons (Fsp3) is 0.647. The van der Waals surface area contributed by atoms with Crippen molar-refractivity contribution >= 4 is 0 Å². The van der Waals surface area contributed by atoms with Crippen LogP contribution in [0.25, 0.3) is 0 Å². The Morgan fingerprint density at radius 3 is 2.15 bits per heavy atom. The van der Waals surface area contributed by atoms with E-state index in [0.29, 0.717) is 6.61 Å². The second-order valence-electron chi connectivity index (χ2n) is 5.20. The van der Waals surface area contributed by atoms with E-state index >= 15 is 0 Å². The quantitative estimate of drug-likeness (QED) is 0.338. The molecule has 0 aliphatic rings. The van der Waals surface area contributed by atoms with E-state index in [-0.39, 0.29) is 6.61 Å². The predicted octanol–water partition coefficient (Wildman–Crippen LogP) is 4.85. The van der Waals surface area contributed by atoms with Crippen LogP contribution in [0.4, 0.5) is 0 Å². The van der Waals surface area contributed by atoms with Gasteiger partial charge in [-0.25, -0.2) is 4.89 Å². The molecule has 1 N–H and O–H groups in total. The maximum Gasteiger partial charge on any atom is 0.119 e. The number of hydrogen-bond donors (Lipinski definition) is 1. The van der Waals surface area contributed by atoms with Crippen LogP contribution in [0.5, 0.6) is 5.75 Å². The molecular weight excluding hydrogens is 252 g/mol. The number of benzene rings is 1. The highest BCUT2D eigenvalue weighted by atomic mass is 17.1. The lowest BCUT2D eigenvalue weighted by Gasteiger charge is -2.06. The molecule has 1 aromatic carbocycles. The fourth-order valence-corrected chi connectivity index (χ4v) is 2.24. The first kappa shape index (κ1) is 17.0. The molecule has 0 atom stereocenters. The standard InChI is InChI=1S/C17H28O3/c1-2-3-4-5-6-7-8-9-16-10-12-17(13-11-16)19-14-15-20-18/h10-13,18H,2-9,14-15H2,1H3. The molecule has 114 valence electrons. The van der Waals surface area contributed by atoms with Gasteiger partial charge in [0.05, 0.1) is 0 Å². The summed E-state index contributed by atoms with van der Waals surface area (Å²) in [5.41, 5.74) is 1.37. The zero-order chi connectivity index (χ0) is 14.5. The van der Waals surface area contributed by atoms with Gasteiger partial charge in [-0.2, -0.15) is 0 Å². The van der Waals surface area contributed by atoms with E-state index in [1.165, 1.54) is 50.5 Å². The third kappa shape index (κ3) is 8.18. The summed E-state index contributed by atoms with van der Waals surface area (Å²) in [5, 5.41) is 8.20. The smallest absolute Gasteiger partial charge is 0.119 e. The van der Waals surface area contributed by atoms with Crippen LogP contribution in [0.3, 0.4) is 0 Å². The van der Waals surface area contributed by atoms with Crippen molar-refractivity contribution in [1.82, 2.24) is 0 Å². The molecule has 0 fully saturated rings. The number of ether oxygens (including phenoxy) is 1. The zero-order valence-corrected chi connectivity index (χ0v) is 12.6. The van der Waals surface area contributed by atoms with Crippen LogP contribution in [-0.2, 0) is 11.3 Å². The highest BCUT2D eigenvalue weighted by Gasteiger charge is 1.97. The van der Waals surface area contributed by atoms with Gasteiger partial charge in [-0.05, 0) is 30.5 Å². The summed E-state index contributed by atoms with van der Waals surface area (Å²) in [4.78, 5) is 3.96. The lowest BCUT2D eigenvalue weighted by atomic mass is 10.0. The molecule has 0 amide bonds. The van der Waals surface area contributed by atoms with Crippen LogP contribution in [-0.4, -0.2) is 18.5 Å². The Morgan fingerprint density at radius 1 is 0.850 bits per heavy atom. The lowest BCUT2D eigenvalue weighted by molar-refractivity contribution is -0.245. The van der Waals surface area contributed by atoms with Crippen LogP contribution < -0.4 is 4.74 Å². The van der Waals surface area contributed by atoms with Gasteiger partial charge in [0.15, 0.2) is 0 Å². The molecule has 0 aromatic heterocycles. The Morgan fingerprint density at radius 2 is 1.50 bits per heavy atom. The van der Waals surface area contributed by atoms with E-state index < -0.39 is 0 Å². The van der Waals surface area contributed by atoms with Gasteiger partial charge < -0.3 is 4.74 Å². The van der Waals surface area contributed by atoms with Crippen molar-refractivity contribution in [3.05, 3.63) is 29.8 Å². The Hall–Kier alpha value is -1.06. The Kier molecular flexibility index (Phi) is 9.98. The van der Waals surface area contributed by atoms with Crippen LogP contribution >= 0.6 is 0 Å². The van der Waals surface area contributed by atoms with Crippen LogP contribution in [0.1, 0.15) is 57.4 Å². The average molecular weight is 280 g/mol. The molecule has 0 saturated heterocycles. The van der Waals surface area contributed by atoms with Gasteiger partial charge in [-0.3, -0.25) is 5.26 Å². The Balaban J connectivity index is 2.08. The Bertz CT molecular complexity index is 322. The van der Waals surface area contributed by atoms with E-state index in [1.807, 2.05) is 12.1 Å². The van der Waals surface area contributed by atoms with Crippen molar-refractivity contribution in [1.29, 1.82) is 0 Å². The molecule has 0 bridgehead atoms. The normalized spacial score (nSPS) is 10.7. The third-order valence-electron chi connectivity index (χ3n) is 3.44. The predicted molar refractivity (Wildman–Crippen MR) is 82.2 cm³/mol. The molecule has 0 spiro atoms. The number of hydrogen-bond acceptors (Lipinski definition) is 3. The van der Waals surface area contributed by atoms with Crippen LogP contribution in [0.15, 0.2) is 24.3 Å². The first-order chi connectivity index (χ1) is 9.86. The van der Waals surface area contributed by atoms with Crippen molar-refractivity contribution < 1.29 is 14.9 Å². The highest BCUT2D eigenvalue weighted by Crippen LogP contribution is 2.15. The first-order valence-corrected chi connectivity index (χ1v) is 7.85. The zero-order valence-electron chi connectivity index (χ0n) is 12.6. The van der Waals surface area contributed by atoms with Gasteiger partial charge in [0.2, 0.25) is 0 Å². The minimum absolute atomic E-state index is 0.194. The van der Waals surface area contributed by atoms with Crippen molar-refractivity contribution in [2.45, 2.75) is 58.3 Å². The van der Waals surface area contributed by atoms with E-state index in [1.54, 1.807) is 0 Å². The van der Waals surface area contributed by atoms with Crippen molar-refractivity contribution in [3.8, 4) is 5.75 Å². The van der Waals surface area contributed by atoms with Gasteiger partial charge in [0, 0.05) is 0 Å². The molecule has 20 heavy (non-hydrogen) atoms. The van der Waals surface area contributed by atoms with Gasteiger partial charge in [0.1, 0.15) is 19.0 Å². The summed E-state index contributed by atoms with van der Waals surface area (Å²) in [6, 6.07) is 8.19. The molecule has 0 unspecified atom stereocenters. The van der Waals surface area contributed by atoms with Gasteiger partial charge >= 0.3 is 0 Å². The fourth-order valence-electron chi connectivity index (χ4n) is 2.24. The monoisotopic (exact) mass is 280 g/mol. The van der Waals surface area contributed by atoms with E-state index in [9.17, 15) is 0 Å². The third-order valence-corrected chi connectivity index (χ3v) is 3.44. The minimum atomic E-state index is 0.194. The SMILES string of the molecule is CCCCCCCCCc1ccc(OCCOO)cc1. The lowest BCUT2D eigenvalue weighted by Crippen LogP contribution is -2.04. The molecule has 1 aromatic rings. The van der Waals surface area contributed by atoms with Gasteiger partial charge in [-0.1, -0.05) is 57.6 Å². The summed E-state index contributed by atoms with van der Waals surface area (Å²) in [6.07, 6.45) is 10.6. The second kappa shape index (κ2) is 11.7. The van der Waals surface area contributed by atoms with Gasteiger partial charge in [-0.15, -0.1) is 0 Å². The van der Waals surface area contributed by atoms with Crippen molar-refractivity contribution in [2.24, 2.45) is 0 Å². The summed E-state index contributed by atoms with van der Waals surface area (Å²) in [6.45, 7) is 2.82. The van der Waals surface area contributed by atoms with Crippen molar-refractivity contribution in [2.75, 3.05) is 13.2 Å². The van der Waals surface area contributed by atoms with Gasteiger partial charge in [0.25, 0.3) is 0 Å². The summed E-state index contributed by atoms with van der Waals surface area (Å²) in [7, 11) is 0. The average Bonchev–Trinajstić information content (AvgIpc) is 2.48. The molecule has 0 aliphatic heterocycles. The van der Waals surface area contributed by atoms with Crippen molar-refractivity contribution in [3.63, 3.8) is 0 Å². The minimum Gasteiger partial charge on any atom is -0.491 e. The molecular formula is C17H28O3. The summed E-state index contributed by atoms with van der Waals surface area (Å²) in [5.74, 6) is 0.824. The molecule has 0 saturated carbocycles. The molecule has 0 radical (unpaired) electrons. The largest absolute Gasteiger partial charge is 0.491 e. The van der Waals surface area contributed by atoms with E-state index in [2.05, 4.69) is 23.9 Å². The second-order valence-corrected chi connectivity index (χ2v) is 5.20. The number of rotatable bonds is 12. The maximum absolute atomic E-state index is 8.20.